The zero-order valence-electron chi connectivity index (χ0n) is 15.9. The van der Waals surface area contributed by atoms with Gasteiger partial charge in [-0.15, -0.1) is 0 Å². The molecular formula is C19H19N3O6S. The van der Waals surface area contributed by atoms with Gasteiger partial charge >= 0.3 is 11.9 Å². The van der Waals surface area contributed by atoms with Gasteiger partial charge in [0.1, 0.15) is 0 Å². The molecule has 1 aromatic carbocycles. The van der Waals surface area contributed by atoms with Gasteiger partial charge in [-0.1, -0.05) is 11.8 Å². The van der Waals surface area contributed by atoms with Gasteiger partial charge in [-0.25, -0.2) is 14.6 Å². The normalized spacial score (nSPS) is 12.2. The summed E-state index contributed by atoms with van der Waals surface area (Å²) in [4.78, 5) is 55.2. The fourth-order valence-corrected chi connectivity index (χ4v) is 3.67. The maximum atomic E-state index is 12.4. The van der Waals surface area contributed by atoms with E-state index in [1.807, 2.05) is 0 Å². The average Bonchev–Trinajstić information content (AvgIpc) is 3.20. The van der Waals surface area contributed by atoms with Crippen LogP contribution < -0.4 is 10.9 Å². The summed E-state index contributed by atoms with van der Waals surface area (Å²) in [6.45, 7) is 0. The lowest BCUT2D eigenvalue weighted by Crippen LogP contribution is -2.19. The Bertz CT molecular complexity index is 1030. The number of aromatic nitrogens is 2. The molecule has 2 N–H and O–H groups in total. The van der Waals surface area contributed by atoms with Crippen LogP contribution in [0.4, 0.5) is 5.69 Å². The minimum atomic E-state index is -0.658. The Labute approximate surface area is 170 Å². The van der Waals surface area contributed by atoms with Crippen molar-refractivity contribution in [2.45, 2.75) is 24.4 Å². The number of fused-ring (bicyclic) bond motifs is 1. The topological polar surface area (TPSA) is 127 Å². The summed E-state index contributed by atoms with van der Waals surface area (Å²) in [5.41, 5.74) is 1.71. The lowest BCUT2D eigenvalue weighted by Gasteiger charge is -2.11. The van der Waals surface area contributed by atoms with E-state index in [4.69, 9.17) is 4.74 Å². The van der Waals surface area contributed by atoms with Crippen molar-refractivity contribution in [2.24, 2.45) is 0 Å². The molecule has 1 aromatic heterocycles. The Kier molecular flexibility index (Phi) is 6.32. The van der Waals surface area contributed by atoms with E-state index in [0.717, 1.165) is 36.7 Å². The molecule has 0 fully saturated rings. The maximum Gasteiger partial charge on any atom is 0.339 e. The zero-order chi connectivity index (χ0) is 21.0. The quantitative estimate of drug-likeness (QED) is 0.412. The van der Waals surface area contributed by atoms with Crippen LogP contribution in [-0.2, 0) is 27.1 Å². The fourth-order valence-electron chi connectivity index (χ4n) is 2.99. The molecule has 10 heteroatoms. The van der Waals surface area contributed by atoms with Gasteiger partial charge in [-0.3, -0.25) is 9.59 Å². The summed E-state index contributed by atoms with van der Waals surface area (Å²) >= 11 is 1.08. The molecule has 0 bridgehead atoms. The maximum absolute atomic E-state index is 12.4. The molecule has 0 radical (unpaired) electrons. The van der Waals surface area contributed by atoms with E-state index in [9.17, 15) is 19.2 Å². The van der Waals surface area contributed by atoms with Gasteiger partial charge in [0.15, 0.2) is 5.16 Å². The third kappa shape index (κ3) is 4.65. The summed E-state index contributed by atoms with van der Waals surface area (Å²) < 4.78 is 9.37. The number of anilines is 1. The van der Waals surface area contributed by atoms with Crippen LogP contribution in [0.1, 0.15) is 38.4 Å². The van der Waals surface area contributed by atoms with Crippen molar-refractivity contribution in [1.82, 2.24) is 9.97 Å². The van der Waals surface area contributed by atoms with Crippen LogP contribution in [0, 0.1) is 0 Å². The third-order valence-corrected chi connectivity index (χ3v) is 5.25. The number of hydrogen-bond acceptors (Lipinski definition) is 8. The van der Waals surface area contributed by atoms with Crippen molar-refractivity contribution in [3.05, 3.63) is 50.9 Å². The summed E-state index contributed by atoms with van der Waals surface area (Å²) in [5.74, 6) is -1.75. The number of benzene rings is 1. The van der Waals surface area contributed by atoms with Crippen molar-refractivity contribution in [3.8, 4) is 0 Å². The number of hydrogen-bond donors (Lipinski definition) is 2. The first kappa shape index (κ1) is 20.6. The summed E-state index contributed by atoms with van der Waals surface area (Å²) in [5, 5.41) is 2.96. The molecule has 0 unspecified atom stereocenters. The van der Waals surface area contributed by atoms with E-state index >= 15 is 0 Å². The molecule has 1 aliphatic rings. The van der Waals surface area contributed by atoms with Crippen LogP contribution in [0.15, 0.2) is 28.2 Å². The number of thioether (sulfide) groups is 1. The molecule has 2 aromatic rings. The minimum absolute atomic E-state index is 0.0508. The molecule has 3 rings (SSSR count). The van der Waals surface area contributed by atoms with Gasteiger partial charge in [0.05, 0.1) is 42.5 Å². The zero-order valence-corrected chi connectivity index (χ0v) is 16.7. The number of carbonyl (C=O) groups excluding carboxylic acids is 3. The van der Waals surface area contributed by atoms with Crippen molar-refractivity contribution < 1.29 is 23.9 Å². The molecule has 0 aliphatic heterocycles. The van der Waals surface area contributed by atoms with E-state index in [1.54, 1.807) is 0 Å². The first-order valence-electron chi connectivity index (χ1n) is 8.78. The number of rotatable bonds is 6. The Hall–Kier alpha value is -3.14. The molecule has 152 valence electrons. The molecule has 0 spiro atoms. The van der Waals surface area contributed by atoms with Crippen LogP contribution in [0.25, 0.3) is 0 Å². The van der Waals surface area contributed by atoms with Crippen LogP contribution in [0.5, 0.6) is 0 Å². The fraction of sp³-hybridized carbons (Fsp3) is 0.316. The minimum Gasteiger partial charge on any atom is -0.465 e. The molecule has 1 heterocycles. The number of carbonyl (C=O) groups is 3. The molecule has 0 saturated carbocycles. The highest BCUT2D eigenvalue weighted by molar-refractivity contribution is 7.99. The lowest BCUT2D eigenvalue weighted by molar-refractivity contribution is -0.113. The van der Waals surface area contributed by atoms with Gasteiger partial charge in [0.25, 0.3) is 5.56 Å². The highest BCUT2D eigenvalue weighted by atomic mass is 32.2. The van der Waals surface area contributed by atoms with Gasteiger partial charge in [0, 0.05) is 5.56 Å². The Morgan fingerprint density at radius 2 is 1.93 bits per heavy atom. The second-order valence-electron chi connectivity index (χ2n) is 6.23. The van der Waals surface area contributed by atoms with Crippen molar-refractivity contribution >= 4 is 35.3 Å². The predicted octanol–water partition coefficient (Wildman–Crippen LogP) is 1.56. The van der Waals surface area contributed by atoms with E-state index in [0.29, 0.717) is 10.7 Å². The molecule has 29 heavy (non-hydrogen) atoms. The smallest absolute Gasteiger partial charge is 0.339 e. The number of aryl methyl sites for hydroxylation is 1. The molecule has 9 nitrogen and oxygen atoms in total. The lowest BCUT2D eigenvalue weighted by atomic mass is 10.1. The first-order valence-corrected chi connectivity index (χ1v) is 9.77. The molecule has 1 aliphatic carbocycles. The number of amides is 1. The number of nitrogens with one attached hydrogen (secondary N) is 2. The number of methoxy groups -OCH3 is 2. The van der Waals surface area contributed by atoms with Gasteiger partial charge in [-0.2, -0.15) is 0 Å². The Balaban J connectivity index is 1.74. The van der Waals surface area contributed by atoms with E-state index in [2.05, 4.69) is 20.0 Å². The second-order valence-corrected chi connectivity index (χ2v) is 7.19. The molecule has 0 saturated heterocycles. The highest BCUT2D eigenvalue weighted by Crippen LogP contribution is 2.22. The van der Waals surface area contributed by atoms with Gasteiger partial charge < -0.3 is 19.8 Å². The average molecular weight is 417 g/mol. The summed E-state index contributed by atoms with van der Waals surface area (Å²) in [6, 6.07) is 4.12. The Morgan fingerprint density at radius 3 is 2.66 bits per heavy atom. The number of ether oxygens (including phenoxy) is 2. The number of nitrogens with zero attached hydrogens (tertiary/aromatic N) is 1. The van der Waals surface area contributed by atoms with Crippen LogP contribution in [0.2, 0.25) is 0 Å². The van der Waals surface area contributed by atoms with Crippen LogP contribution in [-0.4, -0.2) is 47.8 Å². The van der Waals surface area contributed by atoms with Crippen LogP contribution >= 0.6 is 11.8 Å². The second kappa shape index (κ2) is 8.91. The van der Waals surface area contributed by atoms with E-state index < -0.39 is 17.8 Å². The first-order chi connectivity index (χ1) is 13.9. The van der Waals surface area contributed by atoms with Gasteiger partial charge in [0.2, 0.25) is 5.91 Å². The summed E-state index contributed by atoms with van der Waals surface area (Å²) in [7, 11) is 2.45. The predicted molar refractivity (Wildman–Crippen MR) is 105 cm³/mol. The summed E-state index contributed by atoms with van der Waals surface area (Å²) in [6.07, 6.45) is 2.37. The molecule has 0 atom stereocenters. The van der Waals surface area contributed by atoms with Gasteiger partial charge in [-0.05, 0) is 37.5 Å². The molecular weight excluding hydrogens is 398 g/mol. The van der Waals surface area contributed by atoms with E-state index in [-0.39, 0.29) is 28.1 Å². The number of aromatic amines is 1. The largest absolute Gasteiger partial charge is 0.465 e. The standard InChI is InChI=1S/C19H19N3O6S/c1-27-17(25)10-6-7-12(18(26)28-2)14(8-10)20-15(23)9-29-19-21-13-5-3-4-11(13)16(24)22-19/h6-8H,3-5,9H2,1-2H3,(H,20,23)(H,21,22,24). The molecule has 1 amide bonds. The van der Waals surface area contributed by atoms with Crippen molar-refractivity contribution in [3.63, 3.8) is 0 Å². The number of esters is 2. The third-order valence-electron chi connectivity index (χ3n) is 4.38. The van der Waals surface area contributed by atoms with E-state index in [1.165, 1.54) is 32.4 Å². The monoisotopic (exact) mass is 417 g/mol. The number of H-pyrrole nitrogens is 1. The van der Waals surface area contributed by atoms with Crippen molar-refractivity contribution in [1.29, 1.82) is 0 Å². The van der Waals surface area contributed by atoms with Crippen LogP contribution in [0.3, 0.4) is 0 Å². The Morgan fingerprint density at radius 1 is 1.17 bits per heavy atom. The SMILES string of the molecule is COC(=O)c1ccc(C(=O)OC)c(NC(=O)CSc2nc3c(c(=O)[nH]2)CCC3)c1. The van der Waals surface area contributed by atoms with Crippen molar-refractivity contribution in [2.75, 3.05) is 25.3 Å². The highest BCUT2D eigenvalue weighted by Gasteiger charge is 2.19.